The molecule has 0 unspecified atom stereocenters. The van der Waals surface area contributed by atoms with Crippen molar-refractivity contribution in [1.82, 2.24) is 9.88 Å². The fourth-order valence-corrected chi connectivity index (χ4v) is 1.65. The Hall–Kier alpha value is -1.13. The molecule has 0 bridgehead atoms. The Kier molecular flexibility index (Phi) is 4.71. The Morgan fingerprint density at radius 1 is 1.44 bits per heavy atom. The third-order valence-corrected chi connectivity index (χ3v) is 2.91. The second-order valence-electron chi connectivity index (χ2n) is 4.02. The van der Waals surface area contributed by atoms with Crippen molar-refractivity contribution >= 4 is 5.69 Å². The van der Waals surface area contributed by atoms with E-state index in [-0.39, 0.29) is 6.61 Å². The molecule has 1 aromatic heterocycles. The van der Waals surface area contributed by atoms with Gasteiger partial charge in [0.15, 0.2) is 0 Å². The molecule has 0 aromatic carbocycles. The quantitative estimate of drug-likeness (QED) is 0.784. The SMILES string of the molecule is CCN(CCO)Cc1ncc(C)c(N)c1C. The lowest BCUT2D eigenvalue weighted by molar-refractivity contribution is 0.195. The van der Waals surface area contributed by atoms with Crippen LogP contribution in [0.15, 0.2) is 6.20 Å². The molecule has 1 rings (SSSR count). The molecule has 0 saturated carbocycles. The van der Waals surface area contributed by atoms with Gasteiger partial charge in [-0.05, 0) is 31.5 Å². The number of aliphatic hydroxyl groups is 1. The Labute approximate surface area is 97.1 Å². The summed E-state index contributed by atoms with van der Waals surface area (Å²) >= 11 is 0. The number of nitrogens with zero attached hydrogens (tertiary/aromatic N) is 2. The summed E-state index contributed by atoms with van der Waals surface area (Å²) in [6.07, 6.45) is 1.81. The van der Waals surface area contributed by atoms with Gasteiger partial charge in [0.1, 0.15) is 0 Å². The minimum atomic E-state index is 0.175. The summed E-state index contributed by atoms with van der Waals surface area (Å²) in [5.41, 5.74) is 9.86. The van der Waals surface area contributed by atoms with Gasteiger partial charge >= 0.3 is 0 Å². The summed E-state index contributed by atoms with van der Waals surface area (Å²) < 4.78 is 0. The molecular weight excluding hydrogens is 202 g/mol. The number of aliphatic hydroxyl groups excluding tert-OH is 1. The second-order valence-corrected chi connectivity index (χ2v) is 4.02. The number of hydrogen-bond acceptors (Lipinski definition) is 4. The molecule has 0 aliphatic carbocycles. The maximum atomic E-state index is 8.93. The van der Waals surface area contributed by atoms with E-state index in [4.69, 9.17) is 10.8 Å². The molecular formula is C12H21N3O. The smallest absolute Gasteiger partial charge is 0.0593 e. The Bertz CT molecular complexity index is 352. The van der Waals surface area contributed by atoms with Crippen LogP contribution in [0.25, 0.3) is 0 Å². The predicted molar refractivity (Wildman–Crippen MR) is 66.2 cm³/mol. The molecule has 0 spiro atoms. The van der Waals surface area contributed by atoms with Crippen LogP contribution >= 0.6 is 0 Å². The van der Waals surface area contributed by atoms with Crippen LogP contribution in [0.1, 0.15) is 23.7 Å². The average molecular weight is 223 g/mol. The van der Waals surface area contributed by atoms with Gasteiger partial charge < -0.3 is 10.8 Å². The topological polar surface area (TPSA) is 62.4 Å². The summed E-state index contributed by atoms with van der Waals surface area (Å²) in [6.45, 7) is 8.52. The number of nitrogens with two attached hydrogens (primary N) is 1. The first kappa shape index (κ1) is 12.9. The first-order chi connectivity index (χ1) is 7.60. The van der Waals surface area contributed by atoms with Crippen LogP contribution in [0.3, 0.4) is 0 Å². The first-order valence-electron chi connectivity index (χ1n) is 5.63. The molecule has 0 aliphatic heterocycles. The molecule has 16 heavy (non-hydrogen) atoms. The highest BCUT2D eigenvalue weighted by molar-refractivity contribution is 5.53. The zero-order valence-electron chi connectivity index (χ0n) is 10.3. The lowest BCUT2D eigenvalue weighted by Crippen LogP contribution is -2.27. The number of likely N-dealkylation sites (N-methyl/N-ethyl adjacent to an activating group) is 1. The van der Waals surface area contributed by atoms with Gasteiger partial charge in [0.2, 0.25) is 0 Å². The number of pyridine rings is 1. The number of anilines is 1. The zero-order valence-corrected chi connectivity index (χ0v) is 10.3. The van der Waals surface area contributed by atoms with Gasteiger partial charge in [0.05, 0.1) is 12.3 Å². The van der Waals surface area contributed by atoms with Crippen molar-refractivity contribution in [2.75, 3.05) is 25.4 Å². The van der Waals surface area contributed by atoms with Gasteiger partial charge in [-0.2, -0.15) is 0 Å². The van der Waals surface area contributed by atoms with Crippen LogP contribution in [0.4, 0.5) is 5.69 Å². The van der Waals surface area contributed by atoms with Crippen molar-refractivity contribution < 1.29 is 5.11 Å². The van der Waals surface area contributed by atoms with Crippen molar-refractivity contribution in [1.29, 1.82) is 0 Å². The van der Waals surface area contributed by atoms with Gasteiger partial charge in [-0.3, -0.25) is 9.88 Å². The van der Waals surface area contributed by atoms with Crippen LogP contribution < -0.4 is 5.73 Å². The third kappa shape index (κ3) is 2.93. The summed E-state index contributed by atoms with van der Waals surface area (Å²) in [7, 11) is 0. The maximum absolute atomic E-state index is 8.93. The maximum Gasteiger partial charge on any atom is 0.0593 e. The second kappa shape index (κ2) is 5.82. The number of nitrogen functional groups attached to an aromatic ring is 1. The normalized spacial score (nSPS) is 11.1. The molecule has 0 amide bonds. The van der Waals surface area contributed by atoms with Crippen molar-refractivity contribution in [2.45, 2.75) is 27.3 Å². The molecule has 1 aromatic rings. The third-order valence-electron chi connectivity index (χ3n) is 2.91. The summed E-state index contributed by atoms with van der Waals surface area (Å²) in [5, 5.41) is 8.93. The van der Waals surface area contributed by atoms with E-state index in [9.17, 15) is 0 Å². The van der Waals surface area contributed by atoms with Gasteiger partial charge in [-0.1, -0.05) is 6.92 Å². The Balaban J connectivity index is 2.84. The van der Waals surface area contributed by atoms with E-state index in [1.807, 2.05) is 20.0 Å². The minimum absolute atomic E-state index is 0.175. The van der Waals surface area contributed by atoms with Gasteiger partial charge in [0.25, 0.3) is 0 Å². The molecule has 0 radical (unpaired) electrons. The van der Waals surface area contributed by atoms with Crippen molar-refractivity contribution in [3.05, 3.63) is 23.0 Å². The molecule has 0 aliphatic rings. The zero-order chi connectivity index (χ0) is 12.1. The van der Waals surface area contributed by atoms with Crippen LogP contribution in [0.2, 0.25) is 0 Å². The summed E-state index contributed by atoms with van der Waals surface area (Å²) in [6, 6.07) is 0. The average Bonchev–Trinajstić information content (AvgIpc) is 2.29. The van der Waals surface area contributed by atoms with Crippen LogP contribution in [-0.2, 0) is 6.54 Å². The number of aryl methyl sites for hydroxylation is 1. The Morgan fingerprint density at radius 3 is 2.69 bits per heavy atom. The van der Waals surface area contributed by atoms with Gasteiger partial charge in [-0.25, -0.2) is 0 Å². The van der Waals surface area contributed by atoms with E-state index < -0.39 is 0 Å². The standard InChI is InChI=1S/C12H21N3O/c1-4-15(5-6-16)8-11-10(3)12(13)9(2)7-14-11/h7,16H,4-6,8H2,1-3H3,(H2,13,14). The number of rotatable bonds is 5. The minimum Gasteiger partial charge on any atom is -0.398 e. The van der Waals surface area contributed by atoms with Crippen LogP contribution in [-0.4, -0.2) is 34.7 Å². The largest absolute Gasteiger partial charge is 0.398 e. The lowest BCUT2D eigenvalue weighted by atomic mass is 10.1. The summed E-state index contributed by atoms with van der Waals surface area (Å²) in [4.78, 5) is 6.55. The van der Waals surface area contributed by atoms with E-state index in [0.717, 1.165) is 35.6 Å². The van der Waals surface area contributed by atoms with E-state index in [1.54, 1.807) is 0 Å². The predicted octanol–water partition coefficient (Wildman–Crippen LogP) is 1.09. The first-order valence-corrected chi connectivity index (χ1v) is 5.63. The molecule has 4 heteroatoms. The van der Waals surface area contributed by atoms with Gasteiger partial charge in [0, 0.05) is 25.0 Å². The molecule has 0 fully saturated rings. The molecule has 90 valence electrons. The van der Waals surface area contributed by atoms with E-state index >= 15 is 0 Å². The molecule has 3 N–H and O–H groups in total. The monoisotopic (exact) mass is 223 g/mol. The highest BCUT2D eigenvalue weighted by atomic mass is 16.3. The van der Waals surface area contributed by atoms with E-state index in [2.05, 4.69) is 16.8 Å². The lowest BCUT2D eigenvalue weighted by Gasteiger charge is -2.20. The highest BCUT2D eigenvalue weighted by Crippen LogP contribution is 2.18. The Morgan fingerprint density at radius 2 is 2.12 bits per heavy atom. The molecule has 4 nitrogen and oxygen atoms in total. The molecule has 0 saturated heterocycles. The van der Waals surface area contributed by atoms with Crippen molar-refractivity contribution in [3.8, 4) is 0 Å². The van der Waals surface area contributed by atoms with E-state index in [0.29, 0.717) is 6.54 Å². The van der Waals surface area contributed by atoms with Crippen LogP contribution in [0, 0.1) is 13.8 Å². The molecule has 1 heterocycles. The van der Waals surface area contributed by atoms with Crippen LogP contribution in [0.5, 0.6) is 0 Å². The van der Waals surface area contributed by atoms with Crippen molar-refractivity contribution in [3.63, 3.8) is 0 Å². The summed E-state index contributed by atoms with van der Waals surface area (Å²) in [5.74, 6) is 0. The highest BCUT2D eigenvalue weighted by Gasteiger charge is 2.09. The fourth-order valence-electron chi connectivity index (χ4n) is 1.65. The van der Waals surface area contributed by atoms with Crippen molar-refractivity contribution in [2.24, 2.45) is 0 Å². The fraction of sp³-hybridized carbons (Fsp3) is 0.583. The number of aromatic nitrogens is 1. The van der Waals surface area contributed by atoms with E-state index in [1.165, 1.54) is 0 Å². The number of hydrogen-bond donors (Lipinski definition) is 2. The molecule has 0 atom stereocenters. The van der Waals surface area contributed by atoms with Gasteiger partial charge in [-0.15, -0.1) is 0 Å².